The average Bonchev–Trinajstić information content (AvgIpc) is 3.02. The maximum absolute atomic E-state index is 5.66. The van der Waals surface area contributed by atoms with Crippen LogP contribution >= 0.6 is 12.2 Å². The van der Waals surface area contributed by atoms with Gasteiger partial charge in [-0.1, -0.05) is 30.3 Å². The molecular weight excluding hydrogens is 374 g/mol. The van der Waals surface area contributed by atoms with E-state index in [-0.39, 0.29) is 0 Å². The molecule has 0 aliphatic carbocycles. The number of methoxy groups -OCH3 is 2. The van der Waals surface area contributed by atoms with Crippen LogP contribution in [-0.4, -0.2) is 35.9 Å². The van der Waals surface area contributed by atoms with Crippen LogP contribution in [0.5, 0.6) is 11.5 Å². The van der Waals surface area contributed by atoms with Gasteiger partial charge in [0.25, 0.3) is 4.84 Å². The lowest BCUT2D eigenvalue weighted by Crippen LogP contribution is -2.23. The molecule has 0 unspecified atom stereocenters. The normalized spacial score (nSPS) is 11.0. The van der Waals surface area contributed by atoms with E-state index < -0.39 is 0 Å². The van der Waals surface area contributed by atoms with Crippen LogP contribution in [-0.2, 0) is 19.6 Å². The highest BCUT2D eigenvalue weighted by Crippen LogP contribution is 2.30. The van der Waals surface area contributed by atoms with Gasteiger partial charge >= 0.3 is 0 Å². The molecule has 2 aromatic carbocycles. The van der Waals surface area contributed by atoms with Gasteiger partial charge in [0.2, 0.25) is 5.89 Å². The summed E-state index contributed by atoms with van der Waals surface area (Å²) in [7, 11) is 5.30. The van der Waals surface area contributed by atoms with Gasteiger partial charge in [-0.15, -0.1) is 5.10 Å². The molecule has 7 heteroatoms. The molecule has 6 nitrogen and oxygen atoms in total. The molecule has 1 heterocycles. The number of hydrogen-bond acceptors (Lipinski definition) is 6. The summed E-state index contributed by atoms with van der Waals surface area (Å²) in [5.41, 5.74) is 3.43. The molecule has 0 amide bonds. The lowest BCUT2D eigenvalue weighted by Gasteiger charge is -2.19. The van der Waals surface area contributed by atoms with Gasteiger partial charge in [-0.3, -0.25) is 4.90 Å². The average molecular weight is 400 g/mol. The molecule has 0 saturated heterocycles. The SMILES string of the molecule is COc1cc(C)c(CN(C)Cn2nc(Cc3ccccc3)oc2=S)cc1OC. The van der Waals surface area contributed by atoms with E-state index in [2.05, 4.69) is 16.9 Å². The molecule has 0 bridgehead atoms. The Bertz CT molecular complexity index is 982. The Morgan fingerprint density at radius 1 is 1.11 bits per heavy atom. The first kappa shape index (κ1) is 20.1. The van der Waals surface area contributed by atoms with E-state index in [1.54, 1.807) is 18.9 Å². The second-order valence-corrected chi connectivity index (χ2v) is 7.06. The molecule has 0 saturated carbocycles. The standard InChI is InChI=1S/C21H25N3O3S/c1-15-10-18(25-3)19(26-4)12-17(15)13-23(2)14-24-21(28)27-20(22-24)11-16-8-6-5-7-9-16/h5-10,12H,11,13-14H2,1-4H3. The highest BCUT2D eigenvalue weighted by molar-refractivity contribution is 7.71. The van der Waals surface area contributed by atoms with E-state index in [1.165, 1.54) is 0 Å². The van der Waals surface area contributed by atoms with Crippen molar-refractivity contribution >= 4 is 12.2 Å². The third-order valence-corrected chi connectivity index (χ3v) is 4.80. The van der Waals surface area contributed by atoms with Gasteiger partial charge in [-0.05, 0) is 55.0 Å². The molecule has 0 atom stereocenters. The summed E-state index contributed by atoms with van der Waals surface area (Å²) in [6.07, 6.45) is 0.621. The largest absolute Gasteiger partial charge is 0.493 e. The van der Waals surface area contributed by atoms with Crippen LogP contribution < -0.4 is 9.47 Å². The first-order chi connectivity index (χ1) is 13.5. The molecule has 0 spiro atoms. The first-order valence-electron chi connectivity index (χ1n) is 9.01. The quantitative estimate of drug-likeness (QED) is 0.529. The predicted molar refractivity (Wildman–Crippen MR) is 110 cm³/mol. The minimum absolute atomic E-state index is 0.377. The zero-order valence-electron chi connectivity index (χ0n) is 16.6. The molecule has 148 valence electrons. The lowest BCUT2D eigenvalue weighted by molar-refractivity contribution is 0.239. The van der Waals surface area contributed by atoms with Crippen molar-refractivity contribution in [2.45, 2.75) is 26.6 Å². The van der Waals surface area contributed by atoms with Crippen molar-refractivity contribution in [1.82, 2.24) is 14.7 Å². The maximum Gasteiger partial charge on any atom is 0.288 e. The summed E-state index contributed by atoms with van der Waals surface area (Å²) in [5.74, 6) is 2.07. The number of aromatic nitrogens is 2. The van der Waals surface area contributed by atoms with Crippen molar-refractivity contribution in [2.75, 3.05) is 21.3 Å². The van der Waals surface area contributed by atoms with Crippen molar-refractivity contribution in [3.05, 3.63) is 69.9 Å². The number of hydrogen-bond donors (Lipinski definition) is 0. The molecule has 0 fully saturated rings. The maximum atomic E-state index is 5.66. The summed E-state index contributed by atoms with van der Waals surface area (Å²) in [5, 5.41) is 4.53. The molecule has 3 aromatic rings. The lowest BCUT2D eigenvalue weighted by atomic mass is 10.1. The smallest absolute Gasteiger partial charge is 0.288 e. The highest BCUT2D eigenvalue weighted by atomic mass is 32.1. The van der Waals surface area contributed by atoms with Crippen LogP contribution in [0.2, 0.25) is 0 Å². The van der Waals surface area contributed by atoms with Gasteiger partial charge in [0.1, 0.15) is 0 Å². The molecule has 0 N–H and O–H groups in total. The van der Waals surface area contributed by atoms with Crippen LogP contribution in [0.25, 0.3) is 0 Å². The van der Waals surface area contributed by atoms with Crippen molar-refractivity contribution in [3.63, 3.8) is 0 Å². The van der Waals surface area contributed by atoms with Crippen LogP contribution in [0.1, 0.15) is 22.6 Å². The minimum Gasteiger partial charge on any atom is -0.493 e. The third kappa shape index (κ3) is 4.79. The van der Waals surface area contributed by atoms with Crippen LogP contribution in [0.3, 0.4) is 0 Å². The van der Waals surface area contributed by atoms with Gasteiger partial charge in [0.05, 0.1) is 27.3 Å². The van der Waals surface area contributed by atoms with E-state index >= 15 is 0 Å². The molecule has 3 rings (SSSR count). The molecule has 28 heavy (non-hydrogen) atoms. The zero-order valence-corrected chi connectivity index (χ0v) is 17.5. The number of aryl methyl sites for hydroxylation is 1. The molecular formula is C21H25N3O3S. The summed E-state index contributed by atoms with van der Waals surface area (Å²) < 4.78 is 18.2. The fourth-order valence-electron chi connectivity index (χ4n) is 3.04. The second kappa shape index (κ2) is 9.03. The monoisotopic (exact) mass is 399 g/mol. The zero-order chi connectivity index (χ0) is 20.1. The number of benzene rings is 2. The van der Waals surface area contributed by atoms with Gasteiger partial charge in [0.15, 0.2) is 11.5 Å². The van der Waals surface area contributed by atoms with Crippen molar-refractivity contribution in [1.29, 1.82) is 0 Å². The van der Waals surface area contributed by atoms with Gasteiger partial charge < -0.3 is 13.9 Å². The Kier molecular flexibility index (Phi) is 6.49. The van der Waals surface area contributed by atoms with Gasteiger partial charge in [-0.25, -0.2) is 4.68 Å². The Hall–Kier alpha value is -2.64. The van der Waals surface area contributed by atoms with Crippen molar-refractivity contribution in [2.24, 2.45) is 0 Å². The summed E-state index contributed by atoms with van der Waals surface area (Å²) in [4.78, 5) is 2.50. The minimum atomic E-state index is 0.377. The van der Waals surface area contributed by atoms with Gasteiger partial charge in [0, 0.05) is 6.54 Å². The van der Waals surface area contributed by atoms with Crippen LogP contribution in [0.4, 0.5) is 0 Å². The highest BCUT2D eigenvalue weighted by Gasteiger charge is 2.13. The topological polar surface area (TPSA) is 52.7 Å². The Labute approximate surface area is 170 Å². The first-order valence-corrected chi connectivity index (χ1v) is 9.41. The third-order valence-electron chi connectivity index (χ3n) is 4.50. The fraction of sp³-hybridized carbons (Fsp3) is 0.333. The number of nitrogens with zero attached hydrogens (tertiary/aromatic N) is 3. The molecule has 1 aromatic heterocycles. The van der Waals surface area contributed by atoms with E-state index in [9.17, 15) is 0 Å². The van der Waals surface area contributed by atoms with E-state index in [0.717, 1.165) is 34.7 Å². The fourth-order valence-corrected chi connectivity index (χ4v) is 3.24. The summed E-state index contributed by atoms with van der Waals surface area (Å²) >= 11 is 5.34. The van der Waals surface area contributed by atoms with Crippen LogP contribution in [0.15, 0.2) is 46.9 Å². The second-order valence-electron chi connectivity index (χ2n) is 6.71. The summed E-state index contributed by atoms with van der Waals surface area (Å²) in [6.45, 7) is 3.31. The van der Waals surface area contributed by atoms with Crippen LogP contribution in [0, 0.1) is 11.8 Å². The molecule has 0 radical (unpaired) electrons. The van der Waals surface area contributed by atoms with E-state index in [0.29, 0.717) is 23.8 Å². The van der Waals surface area contributed by atoms with E-state index in [1.807, 2.05) is 49.5 Å². The van der Waals surface area contributed by atoms with E-state index in [4.69, 9.17) is 26.1 Å². The van der Waals surface area contributed by atoms with Gasteiger partial charge in [-0.2, -0.15) is 0 Å². The summed E-state index contributed by atoms with van der Waals surface area (Å²) in [6, 6.07) is 14.1. The molecule has 0 aliphatic rings. The predicted octanol–water partition coefficient (Wildman–Crippen LogP) is 4.21. The Balaban J connectivity index is 1.70. The van der Waals surface area contributed by atoms with Crippen molar-refractivity contribution in [3.8, 4) is 11.5 Å². The number of rotatable bonds is 8. The Morgan fingerprint density at radius 2 is 1.79 bits per heavy atom. The molecule has 0 aliphatic heterocycles. The van der Waals surface area contributed by atoms with Crippen molar-refractivity contribution < 1.29 is 13.9 Å². The Morgan fingerprint density at radius 3 is 2.46 bits per heavy atom. The number of ether oxygens (including phenoxy) is 2.